The minimum absolute atomic E-state index is 0.295. The number of rotatable bonds is 6. The molecule has 2 nitrogen and oxygen atoms in total. The number of aliphatic hydroxyl groups is 1. The molecule has 17 heavy (non-hydrogen) atoms. The van der Waals surface area contributed by atoms with E-state index in [-0.39, 0.29) is 0 Å². The lowest BCUT2D eigenvalue weighted by Crippen LogP contribution is -2.10. The van der Waals surface area contributed by atoms with Crippen molar-refractivity contribution in [1.82, 2.24) is 0 Å². The first-order chi connectivity index (χ1) is 8.38. The Labute approximate surface area is 104 Å². The van der Waals surface area contributed by atoms with Gasteiger partial charge in [-0.3, -0.25) is 0 Å². The normalized spacial score (nSPS) is 16.3. The Hall–Kier alpha value is -1.02. The van der Waals surface area contributed by atoms with Gasteiger partial charge < -0.3 is 9.84 Å². The molecule has 0 aromatic heterocycles. The van der Waals surface area contributed by atoms with Crippen molar-refractivity contribution in [3.63, 3.8) is 0 Å². The van der Waals surface area contributed by atoms with Crippen molar-refractivity contribution in [2.45, 2.75) is 51.0 Å². The summed E-state index contributed by atoms with van der Waals surface area (Å²) >= 11 is 0. The van der Waals surface area contributed by atoms with Crippen LogP contribution in [-0.4, -0.2) is 17.8 Å². The summed E-state index contributed by atoms with van der Waals surface area (Å²) in [6.45, 7) is 0.295. The predicted molar refractivity (Wildman–Crippen MR) is 69.3 cm³/mol. The second-order valence-electron chi connectivity index (χ2n) is 4.85. The van der Waals surface area contributed by atoms with Gasteiger partial charge in [0.05, 0.1) is 6.10 Å². The molecule has 1 aromatic carbocycles. The Kier molecular flexibility index (Phi) is 4.87. The molecule has 1 aliphatic carbocycles. The highest BCUT2D eigenvalue weighted by atomic mass is 16.5. The Morgan fingerprint density at radius 2 is 1.76 bits per heavy atom. The molecule has 0 atom stereocenters. The molecule has 1 fully saturated rings. The molecule has 0 radical (unpaired) electrons. The maximum Gasteiger partial charge on any atom is 0.119 e. The van der Waals surface area contributed by atoms with E-state index in [0.29, 0.717) is 12.7 Å². The SMILES string of the molecule is OCCCCc1ccc(OC2CCCC2)cc1. The van der Waals surface area contributed by atoms with Crippen molar-refractivity contribution >= 4 is 0 Å². The van der Waals surface area contributed by atoms with E-state index in [1.165, 1.54) is 31.2 Å². The minimum Gasteiger partial charge on any atom is -0.490 e. The third-order valence-corrected chi connectivity index (χ3v) is 3.40. The lowest BCUT2D eigenvalue weighted by molar-refractivity contribution is 0.210. The lowest BCUT2D eigenvalue weighted by Gasteiger charge is -2.13. The van der Waals surface area contributed by atoms with Crippen LogP contribution in [0.15, 0.2) is 24.3 Å². The summed E-state index contributed by atoms with van der Waals surface area (Å²) in [4.78, 5) is 0. The van der Waals surface area contributed by atoms with E-state index >= 15 is 0 Å². The van der Waals surface area contributed by atoms with Gasteiger partial charge in [-0.2, -0.15) is 0 Å². The molecule has 1 N–H and O–H groups in total. The van der Waals surface area contributed by atoms with Crippen molar-refractivity contribution in [3.8, 4) is 5.75 Å². The minimum atomic E-state index is 0.295. The number of unbranched alkanes of at least 4 members (excludes halogenated alkanes) is 1. The van der Waals surface area contributed by atoms with E-state index in [2.05, 4.69) is 24.3 Å². The second-order valence-corrected chi connectivity index (χ2v) is 4.85. The highest BCUT2D eigenvalue weighted by molar-refractivity contribution is 5.27. The molecule has 0 saturated heterocycles. The fourth-order valence-corrected chi connectivity index (χ4v) is 2.37. The quantitative estimate of drug-likeness (QED) is 0.765. The molecule has 0 bridgehead atoms. The molecule has 1 aromatic rings. The largest absolute Gasteiger partial charge is 0.490 e. The summed E-state index contributed by atoms with van der Waals surface area (Å²) in [5.74, 6) is 1.00. The molecule has 0 spiro atoms. The summed E-state index contributed by atoms with van der Waals surface area (Å²) in [7, 11) is 0. The summed E-state index contributed by atoms with van der Waals surface area (Å²) in [6, 6.07) is 8.43. The molecule has 2 rings (SSSR count). The van der Waals surface area contributed by atoms with Crippen LogP contribution in [0.4, 0.5) is 0 Å². The summed E-state index contributed by atoms with van der Waals surface area (Å²) in [5, 5.41) is 8.73. The summed E-state index contributed by atoms with van der Waals surface area (Å²) < 4.78 is 5.92. The monoisotopic (exact) mass is 234 g/mol. The van der Waals surface area contributed by atoms with Crippen LogP contribution < -0.4 is 4.74 Å². The standard InChI is InChI=1S/C15H22O2/c16-12-4-3-5-13-8-10-15(11-9-13)17-14-6-1-2-7-14/h8-11,14,16H,1-7,12H2. The van der Waals surface area contributed by atoms with Crippen molar-refractivity contribution in [3.05, 3.63) is 29.8 Å². The first-order valence-electron chi connectivity index (χ1n) is 6.75. The fraction of sp³-hybridized carbons (Fsp3) is 0.600. The average molecular weight is 234 g/mol. The molecular formula is C15H22O2. The van der Waals surface area contributed by atoms with Crippen molar-refractivity contribution in [2.24, 2.45) is 0 Å². The van der Waals surface area contributed by atoms with Crippen molar-refractivity contribution < 1.29 is 9.84 Å². The Bertz CT molecular complexity index is 312. The van der Waals surface area contributed by atoms with Gasteiger partial charge in [-0.05, 0) is 62.6 Å². The smallest absolute Gasteiger partial charge is 0.119 e. The van der Waals surface area contributed by atoms with Crippen LogP contribution in [0, 0.1) is 0 Å². The van der Waals surface area contributed by atoms with Gasteiger partial charge in [0.25, 0.3) is 0 Å². The zero-order chi connectivity index (χ0) is 11.9. The van der Waals surface area contributed by atoms with E-state index in [0.717, 1.165) is 25.0 Å². The first-order valence-corrected chi connectivity index (χ1v) is 6.75. The summed E-state index contributed by atoms with van der Waals surface area (Å²) in [6.07, 6.45) is 8.46. The maximum atomic E-state index is 8.73. The lowest BCUT2D eigenvalue weighted by atomic mass is 10.1. The first kappa shape index (κ1) is 12.4. The molecule has 0 aliphatic heterocycles. The number of aliphatic hydroxyl groups excluding tert-OH is 1. The molecular weight excluding hydrogens is 212 g/mol. The van der Waals surface area contributed by atoms with Gasteiger partial charge in [-0.25, -0.2) is 0 Å². The Morgan fingerprint density at radius 1 is 1.06 bits per heavy atom. The van der Waals surface area contributed by atoms with Gasteiger partial charge in [-0.15, -0.1) is 0 Å². The van der Waals surface area contributed by atoms with Crippen molar-refractivity contribution in [2.75, 3.05) is 6.61 Å². The second kappa shape index (κ2) is 6.65. The van der Waals surface area contributed by atoms with Crippen LogP contribution in [0.3, 0.4) is 0 Å². The Morgan fingerprint density at radius 3 is 2.41 bits per heavy atom. The van der Waals surface area contributed by atoms with Crippen LogP contribution in [-0.2, 0) is 6.42 Å². The fourth-order valence-electron chi connectivity index (χ4n) is 2.37. The molecule has 2 heteroatoms. The topological polar surface area (TPSA) is 29.5 Å². The van der Waals surface area contributed by atoms with Crippen LogP contribution in [0.25, 0.3) is 0 Å². The maximum absolute atomic E-state index is 8.73. The van der Waals surface area contributed by atoms with Crippen LogP contribution in [0.1, 0.15) is 44.1 Å². The van der Waals surface area contributed by atoms with E-state index in [1.807, 2.05) is 0 Å². The van der Waals surface area contributed by atoms with Crippen LogP contribution in [0.2, 0.25) is 0 Å². The zero-order valence-corrected chi connectivity index (χ0v) is 10.4. The molecule has 94 valence electrons. The van der Waals surface area contributed by atoms with Crippen molar-refractivity contribution in [1.29, 1.82) is 0 Å². The van der Waals surface area contributed by atoms with Gasteiger partial charge in [0.15, 0.2) is 0 Å². The number of ether oxygens (including phenoxy) is 1. The number of hydrogen-bond acceptors (Lipinski definition) is 2. The average Bonchev–Trinajstić information content (AvgIpc) is 2.85. The van der Waals surface area contributed by atoms with Crippen LogP contribution >= 0.6 is 0 Å². The highest BCUT2D eigenvalue weighted by Gasteiger charge is 2.16. The van der Waals surface area contributed by atoms with Gasteiger partial charge in [0, 0.05) is 6.61 Å². The van der Waals surface area contributed by atoms with E-state index in [1.54, 1.807) is 0 Å². The third kappa shape index (κ3) is 4.04. The van der Waals surface area contributed by atoms with Crippen LogP contribution in [0.5, 0.6) is 5.75 Å². The van der Waals surface area contributed by atoms with Gasteiger partial charge in [0.2, 0.25) is 0 Å². The highest BCUT2D eigenvalue weighted by Crippen LogP contribution is 2.24. The summed E-state index contributed by atoms with van der Waals surface area (Å²) in [5.41, 5.74) is 1.33. The van der Waals surface area contributed by atoms with E-state index in [9.17, 15) is 0 Å². The van der Waals surface area contributed by atoms with E-state index in [4.69, 9.17) is 9.84 Å². The van der Waals surface area contributed by atoms with Gasteiger partial charge in [0.1, 0.15) is 5.75 Å². The molecule has 0 amide bonds. The number of hydrogen-bond donors (Lipinski definition) is 1. The molecule has 0 unspecified atom stereocenters. The molecule has 1 saturated carbocycles. The predicted octanol–water partition coefficient (Wildman–Crippen LogP) is 3.32. The third-order valence-electron chi connectivity index (χ3n) is 3.40. The van der Waals surface area contributed by atoms with E-state index < -0.39 is 0 Å². The van der Waals surface area contributed by atoms with Gasteiger partial charge in [-0.1, -0.05) is 12.1 Å². The zero-order valence-electron chi connectivity index (χ0n) is 10.4. The Balaban J connectivity index is 1.80. The van der Waals surface area contributed by atoms with Gasteiger partial charge >= 0.3 is 0 Å². The molecule has 1 aliphatic rings. The number of aryl methyl sites for hydroxylation is 1. The molecule has 0 heterocycles. The number of benzene rings is 1.